The van der Waals surface area contributed by atoms with Crippen molar-refractivity contribution in [2.24, 2.45) is 0 Å². The van der Waals surface area contributed by atoms with Crippen LogP contribution in [0.3, 0.4) is 0 Å². The lowest BCUT2D eigenvalue weighted by Crippen LogP contribution is -2.31. The summed E-state index contributed by atoms with van der Waals surface area (Å²) in [6.07, 6.45) is 3.34. The van der Waals surface area contributed by atoms with E-state index >= 15 is 0 Å². The third-order valence-electron chi connectivity index (χ3n) is 5.39. The number of benzene rings is 1. The molecule has 0 unspecified atom stereocenters. The molecular formula is C23H25FN4O2. The van der Waals surface area contributed by atoms with Crippen LogP contribution in [0.15, 0.2) is 40.9 Å². The van der Waals surface area contributed by atoms with Crippen molar-refractivity contribution in [3.63, 3.8) is 0 Å². The van der Waals surface area contributed by atoms with Gasteiger partial charge in [-0.05, 0) is 68.5 Å². The lowest BCUT2D eigenvalue weighted by atomic mass is 10.0. The van der Waals surface area contributed by atoms with Gasteiger partial charge in [-0.15, -0.1) is 0 Å². The molecule has 1 fully saturated rings. The summed E-state index contributed by atoms with van der Waals surface area (Å²) in [7, 11) is 0. The quantitative estimate of drug-likeness (QED) is 0.614. The summed E-state index contributed by atoms with van der Waals surface area (Å²) in [4.78, 5) is 23.7. The van der Waals surface area contributed by atoms with E-state index in [2.05, 4.69) is 16.2 Å². The summed E-state index contributed by atoms with van der Waals surface area (Å²) in [5, 5.41) is 3.77. The van der Waals surface area contributed by atoms with Crippen LogP contribution in [0.5, 0.6) is 0 Å². The van der Waals surface area contributed by atoms with Gasteiger partial charge in [0.25, 0.3) is 0 Å². The third kappa shape index (κ3) is 4.72. The minimum absolute atomic E-state index is 0.0196. The number of carbonyl (C=O) groups is 1. The number of nitrogens with zero attached hydrogens (tertiary/aromatic N) is 4. The van der Waals surface area contributed by atoms with Crippen LogP contribution in [0, 0.1) is 19.7 Å². The normalized spacial score (nSPS) is 16.2. The van der Waals surface area contributed by atoms with Gasteiger partial charge in [-0.2, -0.15) is 4.98 Å². The maximum atomic E-state index is 13.2. The smallest absolute Gasteiger partial charge is 0.227 e. The Morgan fingerprint density at radius 3 is 2.70 bits per heavy atom. The number of carbonyl (C=O) groups excluding carboxylic acids is 1. The Balaban J connectivity index is 1.48. The zero-order chi connectivity index (χ0) is 21.1. The molecule has 1 amide bonds. The minimum atomic E-state index is -0.235. The average molecular weight is 408 g/mol. The van der Waals surface area contributed by atoms with Crippen LogP contribution in [0.1, 0.15) is 59.5 Å². The van der Waals surface area contributed by atoms with Crippen molar-refractivity contribution < 1.29 is 13.7 Å². The van der Waals surface area contributed by atoms with Gasteiger partial charge in [-0.1, -0.05) is 17.3 Å². The zero-order valence-corrected chi connectivity index (χ0v) is 17.3. The predicted octanol–water partition coefficient (Wildman–Crippen LogP) is 4.11. The molecule has 1 aliphatic heterocycles. The SMILES string of the molecule is Cc1cc(Cc2ccc(F)cc2)cc([C@@H]2CCCN2C(=O)CCc2nc(C)no2)n1. The molecular weight excluding hydrogens is 383 g/mol. The van der Waals surface area contributed by atoms with Crippen molar-refractivity contribution in [3.8, 4) is 0 Å². The van der Waals surface area contributed by atoms with E-state index in [1.807, 2.05) is 17.9 Å². The number of rotatable bonds is 6. The molecule has 1 saturated heterocycles. The van der Waals surface area contributed by atoms with Gasteiger partial charge in [0, 0.05) is 25.1 Å². The number of hydrogen-bond donors (Lipinski definition) is 0. The molecule has 156 valence electrons. The fraction of sp³-hybridized carbons (Fsp3) is 0.391. The van der Waals surface area contributed by atoms with Crippen LogP contribution in [-0.2, 0) is 17.6 Å². The highest BCUT2D eigenvalue weighted by Crippen LogP contribution is 2.32. The first-order chi connectivity index (χ1) is 14.5. The highest BCUT2D eigenvalue weighted by molar-refractivity contribution is 5.77. The van der Waals surface area contributed by atoms with Gasteiger partial charge in [0.2, 0.25) is 11.8 Å². The molecule has 0 spiro atoms. The molecule has 1 atom stereocenters. The maximum absolute atomic E-state index is 13.2. The van der Waals surface area contributed by atoms with E-state index in [4.69, 9.17) is 9.51 Å². The molecule has 2 aromatic heterocycles. The minimum Gasteiger partial charge on any atom is -0.339 e. The topological polar surface area (TPSA) is 72.1 Å². The Morgan fingerprint density at radius 1 is 1.17 bits per heavy atom. The molecule has 7 heteroatoms. The Hall–Kier alpha value is -3.09. The molecule has 0 bridgehead atoms. The Morgan fingerprint density at radius 2 is 1.97 bits per heavy atom. The second kappa shape index (κ2) is 8.73. The molecule has 30 heavy (non-hydrogen) atoms. The Bertz CT molecular complexity index is 1030. The van der Waals surface area contributed by atoms with Crippen LogP contribution < -0.4 is 0 Å². The molecule has 0 saturated carbocycles. The second-order valence-electron chi connectivity index (χ2n) is 7.83. The van der Waals surface area contributed by atoms with E-state index in [0.717, 1.165) is 41.9 Å². The van der Waals surface area contributed by atoms with E-state index in [9.17, 15) is 9.18 Å². The molecule has 1 aromatic carbocycles. The van der Waals surface area contributed by atoms with E-state index in [1.165, 1.54) is 12.1 Å². The van der Waals surface area contributed by atoms with Crippen molar-refractivity contribution in [3.05, 3.63) is 76.4 Å². The molecule has 3 heterocycles. The first-order valence-corrected chi connectivity index (χ1v) is 10.3. The number of aryl methyl sites for hydroxylation is 3. The zero-order valence-electron chi connectivity index (χ0n) is 17.3. The average Bonchev–Trinajstić information content (AvgIpc) is 3.36. The molecule has 3 aromatic rings. The summed E-state index contributed by atoms with van der Waals surface area (Å²) >= 11 is 0. The Kier molecular flexibility index (Phi) is 5.88. The Labute approximate surface area is 175 Å². The van der Waals surface area contributed by atoms with Crippen LogP contribution in [0.25, 0.3) is 0 Å². The summed E-state index contributed by atoms with van der Waals surface area (Å²) in [5.41, 5.74) is 4.00. The van der Waals surface area contributed by atoms with E-state index in [1.54, 1.807) is 19.1 Å². The van der Waals surface area contributed by atoms with Gasteiger partial charge in [0.1, 0.15) is 5.82 Å². The number of hydrogen-bond acceptors (Lipinski definition) is 5. The van der Waals surface area contributed by atoms with Crippen molar-refractivity contribution in [1.29, 1.82) is 0 Å². The summed E-state index contributed by atoms with van der Waals surface area (Å²) in [6.45, 7) is 4.46. The second-order valence-corrected chi connectivity index (χ2v) is 7.83. The lowest BCUT2D eigenvalue weighted by Gasteiger charge is -2.25. The number of likely N-dealkylation sites (tertiary alicyclic amines) is 1. The largest absolute Gasteiger partial charge is 0.339 e. The van der Waals surface area contributed by atoms with Gasteiger partial charge in [-0.25, -0.2) is 4.39 Å². The molecule has 0 aliphatic carbocycles. The van der Waals surface area contributed by atoms with Crippen LogP contribution >= 0.6 is 0 Å². The standard InChI is InChI=1S/C23H25FN4O2/c1-15-12-18(13-17-5-7-19(24)8-6-17)14-20(25-15)21-4-3-11-28(21)23(29)10-9-22-26-16(2)27-30-22/h5-8,12,14,21H,3-4,9-11,13H2,1-2H3/t21-/m0/s1. The first-order valence-electron chi connectivity index (χ1n) is 10.3. The van der Waals surface area contributed by atoms with Gasteiger partial charge < -0.3 is 9.42 Å². The number of aromatic nitrogens is 3. The van der Waals surface area contributed by atoms with Gasteiger partial charge >= 0.3 is 0 Å². The lowest BCUT2D eigenvalue weighted by molar-refractivity contribution is -0.132. The predicted molar refractivity (Wildman–Crippen MR) is 109 cm³/mol. The fourth-order valence-electron chi connectivity index (χ4n) is 4.05. The molecule has 0 radical (unpaired) electrons. The maximum Gasteiger partial charge on any atom is 0.227 e. The number of halogens is 1. The summed E-state index contributed by atoms with van der Waals surface area (Å²) in [6, 6.07) is 10.7. The molecule has 1 aliphatic rings. The van der Waals surface area contributed by atoms with Crippen LogP contribution in [0.2, 0.25) is 0 Å². The van der Waals surface area contributed by atoms with Crippen molar-refractivity contribution in [1.82, 2.24) is 20.0 Å². The third-order valence-corrected chi connectivity index (χ3v) is 5.39. The van der Waals surface area contributed by atoms with E-state index in [0.29, 0.717) is 31.0 Å². The molecule has 0 N–H and O–H groups in total. The summed E-state index contributed by atoms with van der Waals surface area (Å²) < 4.78 is 18.3. The summed E-state index contributed by atoms with van der Waals surface area (Å²) in [5.74, 6) is 0.916. The van der Waals surface area contributed by atoms with Gasteiger partial charge in [-0.3, -0.25) is 9.78 Å². The van der Waals surface area contributed by atoms with E-state index in [-0.39, 0.29) is 17.8 Å². The van der Waals surface area contributed by atoms with Crippen molar-refractivity contribution >= 4 is 5.91 Å². The van der Waals surface area contributed by atoms with Gasteiger partial charge in [0.05, 0.1) is 11.7 Å². The first kappa shape index (κ1) is 20.2. The molecule has 4 rings (SSSR count). The van der Waals surface area contributed by atoms with Crippen LogP contribution in [-0.4, -0.2) is 32.5 Å². The fourth-order valence-corrected chi connectivity index (χ4v) is 4.05. The highest BCUT2D eigenvalue weighted by Gasteiger charge is 2.31. The van der Waals surface area contributed by atoms with Crippen molar-refractivity contribution in [2.75, 3.05) is 6.54 Å². The van der Waals surface area contributed by atoms with Gasteiger partial charge in [0.15, 0.2) is 5.82 Å². The number of pyridine rings is 1. The number of amides is 1. The highest BCUT2D eigenvalue weighted by atomic mass is 19.1. The molecule has 6 nitrogen and oxygen atoms in total. The monoisotopic (exact) mass is 408 g/mol. The van der Waals surface area contributed by atoms with E-state index < -0.39 is 0 Å². The van der Waals surface area contributed by atoms with Crippen molar-refractivity contribution in [2.45, 2.75) is 52.0 Å². The van der Waals surface area contributed by atoms with Crippen LogP contribution in [0.4, 0.5) is 4.39 Å².